The van der Waals surface area contributed by atoms with Gasteiger partial charge in [0.25, 0.3) is 0 Å². The SMILES string of the molecule is CCOc1ccc(S(=O)(=O)NCCn2nc(-c3cccs3)cc2C)cc1. The molecule has 2 aromatic heterocycles. The number of nitrogens with zero attached hydrogens (tertiary/aromatic N) is 2. The maximum Gasteiger partial charge on any atom is 0.240 e. The molecule has 0 unspecified atom stereocenters. The van der Waals surface area contributed by atoms with Crippen molar-refractivity contribution < 1.29 is 13.2 Å². The molecule has 0 bridgehead atoms. The molecule has 3 aromatic rings. The van der Waals surface area contributed by atoms with E-state index in [1.54, 1.807) is 35.6 Å². The number of aryl methyl sites for hydroxylation is 1. The number of hydrogen-bond donors (Lipinski definition) is 1. The van der Waals surface area contributed by atoms with Gasteiger partial charge in [0.2, 0.25) is 10.0 Å². The minimum absolute atomic E-state index is 0.220. The molecule has 0 aliphatic carbocycles. The van der Waals surface area contributed by atoms with E-state index in [4.69, 9.17) is 4.74 Å². The Labute approximate surface area is 157 Å². The van der Waals surface area contributed by atoms with Crippen molar-refractivity contribution in [1.82, 2.24) is 14.5 Å². The summed E-state index contributed by atoms with van der Waals surface area (Å²) in [6, 6.07) is 12.4. The molecule has 26 heavy (non-hydrogen) atoms. The highest BCUT2D eigenvalue weighted by molar-refractivity contribution is 7.89. The molecule has 0 radical (unpaired) electrons. The van der Waals surface area contributed by atoms with Crippen LogP contribution in [0.4, 0.5) is 0 Å². The highest BCUT2D eigenvalue weighted by Crippen LogP contribution is 2.23. The van der Waals surface area contributed by atoms with Crippen LogP contribution in [-0.2, 0) is 16.6 Å². The predicted molar refractivity (Wildman–Crippen MR) is 103 cm³/mol. The van der Waals surface area contributed by atoms with E-state index in [1.165, 1.54) is 0 Å². The van der Waals surface area contributed by atoms with Gasteiger partial charge in [-0.3, -0.25) is 4.68 Å². The molecule has 0 fully saturated rings. The van der Waals surface area contributed by atoms with Crippen LogP contribution in [0.1, 0.15) is 12.6 Å². The predicted octanol–water partition coefficient (Wildman–Crippen LogP) is 3.30. The molecule has 0 saturated carbocycles. The first-order valence-electron chi connectivity index (χ1n) is 8.30. The zero-order valence-electron chi connectivity index (χ0n) is 14.7. The molecule has 0 aliphatic rings. The van der Waals surface area contributed by atoms with Crippen LogP contribution in [0.3, 0.4) is 0 Å². The van der Waals surface area contributed by atoms with Crippen molar-refractivity contribution in [2.24, 2.45) is 0 Å². The summed E-state index contributed by atoms with van der Waals surface area (Å²) >= 11 is 1.63. The molecule has 0 amide bonds. The Bertz CT molecular complexity index is 946. The fourth-order valence-electron chi connectivity index (χ4n) is 2.53. The van der Waals surface area contributed by atoms with Gasteiger partial charge in [-0.2, -0.15) is 5.10 Å². The van der Waals surface area contributed by atoms with E-state index in [0.717, 1.165) is 16.3 Å². The van der Waals surface area contributed by atoms with Gasteiger partial charge in [-0.1, -0.05) is 6.07 Å². The molecule has 1 N–H and O–H groups in total. The zero-order valence-corrected chi connectivity index (χ0v) is 16.3. The number of nitrogens with one attached hydrogen (secondary N) is 1. The van der Waals surface area contributed by atoms with Gasteiger partial charge in [0.15, 0.2) is 0 Å². The standard InChI is InChI=1S/C18H21N3O3S2/c1-3-24-15-6-8-16(9-7-15)26(22,23)19-10-11-21-14(2)13-17(20-21)18-5-4-12-25-18/h4-9,12-13,19H,3,10-11H2,1-2H3. The van der Waals surface area contributed by atoms with Crippen LogP contribution in [-0.4, -0.2) is 31.3 Å². The van der Waals surface area contributed by atoms with E-state index < -0.39 is 10.0 Å². The highest BCUT2D eigenvalue weighted by atomic mass is 32.2. The Kier molecular flexibility index (Phi) is 5.75. The van der Waals surface area contributed by atoms with Crippen LogP contribution in [0.5, 0.6) is 5.75 Å². The molecule has 138 valence electrons. The second-order valence-corrected chi connectivity index (χ2v) is 8.39. The average molecular weight is 392 g/mol. The minimum Gasteiger partial charge on any atom is -0.494 e. The summed E-state index contributed by atoms with van der Waals surface area (Å²) in [4.78, 5) is 1.32. The molecular weight excluding hydrogens is 370 g/mol. The van der Waals surface area contributed by atoms with Gasteiger partial charge in [-0.15, -0.1) is 11.3 Å². The molecule has 0 atom stereocenters. The Morgan fingerprint density at radius 2 is 2.00 bits per heavy atom. The second-order valence-electron chi connectivity index (χ2n) is 5.67. The molecule has 3 rings (SSSR count). The molecule has 1 aromatic carbocycles. The third-order valence-electron chi connectivity index (χ3n) is 3.82. The van der Waals surface area contributed by atoms with Gasteiger partial charge in [0.05, 0.1) is 22.9 Å². The van der Waals surface area contributed by atoms with Crippen molar-refractivity contribution in [1.29, 1.82) is 0 Å². The van der Waals surface area contributed by atoms with E-state index in [2.05, 4.69) is 9.82 Å². The topological polar surface area (TPSA) is 73.2 Å². The van der Waals surface area contributed by atoms with E-state index in [-0.39, 0.29) is 11.4 Å². The molecule has 8 heteroatoms. The van der Waals surface area contributed by atoms with Crippen molar-refractivity contribution in [3.05, 3.63) is 53.5 Å². The molecular formula is C18H21N3O3S2. The number of aromatic nitrogens is 2. The maximum atomic E-state index is 12.4. The summed E-state index contributed by atoms with van der Waals surface area (Å²) in [5.74, 6) is 0.653. The fraction of sp³-hybridized carbons (Fsp3) is 0.278. The van der Waals surface area contributed by atoms with Crippen molar-refractivity contribution in [2.75, 3.05) is 13.2 Å². The van der Waals surface area contributed by atoms with Crippen molar-refractivity contribution in [3.63, 3.8) is 0 Å². The summed E-state index contributed by atoms with van der Waals surface area (Å²) in [5.41, 5.74) is 1.90. The monoisotopic (exact) mass is 391 g/mol. The van der Waals surface area contributed by atoms with Crippen LogP contribution >= 0.6 is 11.3 Å². The summed E-state index contributed by atoms with van der Waals surface area (Å²) in [7, 11) is -3.56. The number of sulfonamides is 1. The smallest absolute Gasteiger partial charge is 0.240 e. The van der Waals surface area contributed by atoms with Gasteiger partial charge in [-0.05, 0) is 55.6 Å². The minimum atomic E-state index is -3.56. The third-order valence-corrected chi connectivity index (χ3v) is 6.18. The Morgan fingerprint density at radius 1 is 1.23 bits per heavy atom. The zero-order chi connectivity index (χ0) is 18.6. The van der Waals surface area contributed by atoms with Crippen LogP contribution in [0.15, 0.2) is 52.7 Å². The van der Waals surface area contributed by atoms with Crippen LogP contribution in [0.25, 0.3) is 10.6 Å². The van der Waals surface area contributed by atoms with Gasteiger partial charge in [-0.25, -0.2) is 13.1 Å². The molecule has 2 heterocycles. The number of benzene rings is 1. The van der Waals surface area contributed by atoms with Crippen molar-refractivity contribution in [3.8, 4) is 16.3 Å². The summed E-state index contributed by atoms with van der Waals surface area (Å²) in [6.07, 6.45) is 0. The highest BCUT2D eigenvalue weighted by Gasteiger charge is 2.14. The first kappa shape index (κ1) is 18.6. The van der Waals surface area contributed by atoms with E-state index in [1.807, 2.05) is 42.1 Å². The second kappa shape index (κ2) is 8.03. The lowest BCUT2D eigenvalue weighted by Crippen LogP contribution is -2.28. The van der Waals surface area contributed by atoms with Crippen LogP contribution < -0.4 is 9.46 Å². The molecule has 0 spiro atoms. The van der Waals surface area contributed by atoms with Crippen LogP contribution in [0.2, 0.25) is 0 Å². The first-order valence-corrected chi connectivity index (χ1v) is 10.7. The molecule has 6 nitrogen and oxygen atoms in total. The van der Waals surface area contributed by atoms with E-state index in [9.17, 15) is 8.42 Å². The van der Waals surface area contributed by atoms with Gasteiger partial charge >= 0.3 is 0 Å². The first-order chi connectivity index (χ1) is 12.5. The van der Waals surface area contributed by atoms with Gasteiger partial charge in [0, 0.05) is 12.2 Å². The Morgan fingerprint density at radius 3 is 2.65 bits per heavy atom. The maximum absolute atomic E-state index is 12.4. The van der Waals surface area contributed by atoms with Gasteiger partial charge in [0.1, 0.15) is 11.4 Å². The Balaban J connectivity index is 1.62. The fourth-order valence-corrected chi connectivity index (χ4v) is 4.23. The van der Waals surface area contributed by atoms with Crippen molar-refractivity contribution >= 4 is 21.4 Å². The summed E-state index contributed by atoms with van der Waals surface area (Å²) in [5, 5.41) is 6.56. The quantitative estimate of drug-likeness (QED) is 0.639. The lowest BCUT2D eigenvalue weighted by molar-refractivity contribution is 0.340. The van der Waals surface area contributed by atoms with Crippen LogP contribution in [0, 0.1) is 6.92 Å². The summed E-state index contributed by atoms with van der Waals surface area (Å²) in [6.45, 7) is 5.12. The number of ether oxygens (including phenoxy) is 1. The van der Waals surface area contributed by atoms with E-state index >= 15 is 0 Å². The summed E-state index contributed by atoms with van der Waals surface area (Å²) < 4.78 is 34.5. The lowest BCUT2D eigenvalue weighted by atomic mass is 10.3. The van der Waals surface area contributed by atoms with E-state index in [0.29, 0.717) is 18.9 Å². The average Bonchev–Trinajstić information content (AvgIpc) is 3.26. The Hall–Kier alpha value is -2.16. The third kappa shape index (κ3) is 4.32. The number of thiophene rings is 1. The number of rotatable bonds is 8. The molecule has 0 saturated heterocycles. The normalized spacial score (nSPS) is 11.6. The number of hydrogen-bond acceptors (Lipinski definition) is 5. The van der Waals surface area contributed by atoms with Gasteiger partial charge < -0.3 is 4.74 Å². The largest absolute Gasteiger partial charge is 0.494 e. The molecule has 0 aliphatic heterocycles. The lowest BCUT2D eigenvalue weighted by Gasteiger charge is -2.09. The van der Waals surface area contributed by atoms with Crippen molar-refractivity contribution in [2.45, 2.75) is 25.3 Å².